The molecule has 0 fully saturated rings. The molecule has 1 aliphatic carbocycles. The molecule has 1 amide bonds. The summed E-state index contributed by atoms with van der Waals surface area (Å²) < 4.78 is 19.3. The summed E-state index contributed by atoms with van der Waals surface area (Å²) >= 11 is 0. The molecule has 4 heteroatoms. The topological polar surface area (TPSA) is 38.3 Å². The van der Waals surface area contributed by atoms with Gasteiger partial charge in [-0.1, -0.05) is 37.3 Å². The van der Waals surface area contributed by atoms with Gasteiger partial charge >= 0.3 is 0 Å². The molecule has 1 aliphatic rings. The van der Waals surface area contributed by atoms with Crippen LogP contribution in [0.3, 0.4) is 0 Å². The Hall–Kier alpha value is -2.36. The van der Waals surface area contributed by atoms with Gasteiger partial charge in [-0.3, -0.25) is 4.79 Å². The Labute approximate surface area is 148 Å². The monoisotopic (exact) mass is 341 g/mol. The van der Waals surface area contributed by atoms with Crippen molar-refractivity contribution in [3.05, 3.63) is 65.0 Å². The molecule has 25 heavy (non-hydrogen) atoms. The highest BCUT2D eigenvalue weighted by molar-refractivity contribution is 5.76. The van der Waals surface area contributed by atoms with E-state index in [1.54, 1.807) is 6.07 Å². The van der Waals surface area contributed by atoms with E-state index in [2.05, 4.69) is 17.4 Å². The molecule has 2 atom stereocenters. The summed E-state index contributed by atoms with van der Waals surface area (Å²) in [5.41, 5.74) is 3.30. The lowest BCUT2D eigenvalue weighted by molar-refractivity contribution is -0.121. The molecule has 1 N–H and O–H groups in total. The first-order valence-corrected chi connectivity index (χ1v) is 8.82. The van der Waals surface area contributed by atoms with Gasteiger partial charge < -0.3 is 10.1 Å². The summed E-state index contributed by atoms with van der Waals surface area (Å²) in [6, 6.07) is 13.7. The van der Waals surface area contributed by atoms with Crippen LogP contribution in [-0.4, -0.2) is 19.1 Å². The zero-order valence-corrected chi connectivity index (χ0v) is 14.7. The number of fused-ring (bicyclic) bond motifs is 1. The van der Waals surface area contributed by atoms with Gasteiger partial charge in [0.2, 0.25) is 5.91 Å². The Bertz CT molecular complexity index is 745. The second-order valence-electron chi connectivity index (χ2n) is 6.55. The Morgan fingerprint density at radius 1 is 1.28 bits per heavy atom. The van der Waals surface area contributed by atoms with E-state index in [9.17, 15) is 9.18 Å². The van der Waals surface area contributed by atoms with Crippen molar-refractivity contribution in [2.24, 2.45) is 0 Å². The number of halogens is 1. The lowest BCUT2D eigenvalue weighted by Gasteiger charge is -2.35. The maximum absolute atomic E-state index is 14.1. The van der Waals surface area contributed by atoms with Crippen molar-refractivity contribution in [1.29, 1.82) is 0 Å². The Kier molecular flexibility index (Phi) is 5.37. The number of hydrogen-bond donors (Lipinski definition) is 1. The maximum atomic E-state index is 14.1. The van der Waals surface area contributed by atoms with Gasteiger partial charge in [0.1, 0.15) is 0 Å². The van der Waals surface area contributed by atoms with E-state index in [1.165, 1.54) is 12.7 Å². The molecule has 132 valence electrons. The van der Waals surface area contributed by atoms with Gasteiger partial charge in [0.25, 0.3) is 0 Å². The van der Waals surface area contributed by atoms with Gasteiger partial charge in [0.15, 0.2) is 11.6 Å². The number of ether oxygens (including phenoxy) is 1. The fraction of sp³-hybridized carbons (Fsp3) is 0.381. The third-order valence-electron chi connectivity index (χ3n) is 4.99. The van der Waals surface area contributed by atoms with Crippen LogP contribution in [0.15, 0.2) is 42.5 Å². The maximum Gasteiger partial charge on any atom is 0.219 e. The average Bonchev–Trinajstić information content (AvgIpc) is 2.64. The van der Waals surface area contributed by atoms with Crippen LogP contribution in [0.5, 0.6) is 5.75 Å². The number of rotatable bonds is 5. The van der Waals surface area contributed by atoms with Crippen molar-refractivity contribution < 1.29 is 13.9 Å². The third kappa shape index (κ3) is 3.84. The predicted octanol–water partition coefficient (Wildman–Crippen LogP) is 4.00. The smallest absolute Gasteiger partial charge is 0.219 e. The molecule has 0 bridgehead atoms. The van der Waals surface area contributed by atoms with Crippen molar-refractivity contribution in [2.75, 3.05) is 7.11 Å². The van der Waals surface area contributed by atoms with Crippen LogP contribution >= 0.6 is 0 Å². The first-order chi connectivity index (χ1) is 12.1. The minimum Gasteiger partial charge on any atom is -0.494 e. The highest BCUT2D eigenvalue weighted by Gasteiger charge is 2.31. The average molecular weight is 341 g/mol. The van der Waals surface area contributed by atoms with E-state index in [1.807, 2.05) is 31.2 Å². The van der Waals surface area contributed by atoms with E-state index in [0.717, 1.165) is 30.4 Å². The van der Waals surface area contributed by atoms with Gasteiger partial charge in [0, 0.05) is 18.4 Å². The van der Waals surface area contributed by atoms with Crippen LogP contribution in [0, 0.1) is 5.82 Å². The van der Waals surface area contributed by atoms with E-state index in [0.29, 0.717) is 6.42 Å². The molecule has 0 aliphatic heterocycles. The zero-order valence-electron chi connectivity index (χ0n) is 14.7. The molecule has 3 nitrogen and oxygen atoms in total. The minimum atomic E-state index is -0.323. The Morgan fingerprint density at radius 3 is 2.72 bits per heavy atom. The molecule has 0 spiro atoms. The van der Waals surface area contributed by atoms with Gasteiger partial charge in [-0.25, -0.2) is 4.39 Å². The number of benzene rings is 2. The largest absolute Gasteiger partial charge is 0.494 e. The lowest BCUT2D eigenvalue weighted by atomic mass is 9.76. The van der Waals surface area contributed by atoms with Crippen LogP contribution < -0.4 is 10.1 Å². The van der Waals surface area contributed by atoms with Crippen LogP contribution in [0.4, 0.5) is 4.39 Å². The summed E-state index contributed by atoms with van der Waals surface area (Å²) in [5, 5.41) is 3.16. The second-order valence-corrected chi connectivity index (χ2v) is 6.55. The molecular formula is C21H24FNO2. The summed E-state index contributed by atoms with van der Waals surface area (Å²) in [7, 11) is 1.48. The highest BCUT2D eigenvalue weighted by atomic mass is 19.1. The normalized spacial score (nSPS) is 19.2. The first-order valence-electron chi connectivity index (χ1n) is 8.82. The quantitative estimate of drug-likeness (QED) is 0.893. The van der Waals surface area contributed by atoms with Gasteiger partial charge in [-0.05, 0) is 48.1 Å². The molecule has 3 rings (SSSR count). The predicted molar refractivity (Wildman–Crippen MR) is 96.4 cm³/mol. The second kappa shape index (κ2) is 7.68. The van der Waals surface area contributed by atoms with E-state index in [4.69, 9.17) is 4.74 Å². The highest BCUT2D eigenvalue weighted by Crippen LogP contribution is 2.37. The molecule has 2 aromatic carbocycles. The first kappa shape index (κ1) is 17.5. The molecule has 0 saturated heterocycles. The van der Waals surface area contributed by atoms with Crippen LogP contribution in [0.2, 0.25) is 0 Å². The van der Waals surface area contributed by atoms with Crippen molar-refractivity contribution in [2.45, 2.75) is 44.6 Å². The number of carbonyl (C=O) groups excluding carboxylic acids is 1. The minimum absolute atomic E-state index is 0.0512. The van der Waals surface area contributed by atoms with Crippen LogP contribution in [0.25, 0.3) is 0 Å². The number of amides is 1. The number of methoxy groups -OCH3 is 1. The van der Waals surface area contributed by atoms with E-state index >= 15 is 0 Å². The SMILES string of the molecule is CCC(=O)N[C@H]1CCc2cc(F)c(OC)cc2[C@H]1Cc1ccccc1. The molecule has 0 unspecified atom stereocenters. The van der Waals surface area contributed by atoms with E-state index in [-0.39, 0.29) is 29.4 Å². The van der Waals surface area contributed by atoms with Gasteiger partial charge in [0.05, 0.1) is 7.11 Å². The molecule has 0 aromatic heterocycles. The number of aryl methyl sites for hydroxylation is 1. The standard InChI is InChI=1S/C21H24FNO2/c1-3-21(24)23-19-10-9-15-12-18(22)20(25-2)13-16(15)17(19)11-14-7-5-4-6-8-14/h4-8,12-13,17,19H,3,9-11H2,1-2H3,(H,23,24)/t17-,19+/m1/s1. The van der Waals surface area contributed by atoms with Crippen molar-refractivity contribution in [3.8, 4) is 5.75 Å². The summed E-state index contributed by atoms with van der Waals surface area (Å²) in [6.45, 7) is 1.86. The summed E-state index contributed by atoms with van der Waals surface area (Å²) in [5.74, 6) is 0.103. The number of nitrogens with one attached hydrogen (secondary N) is 1. The molecule has 2 aromatic rings. The number of carbonyl (C=O) groups is 1. The zero-order chi connectivity index (χ0) is 17.8. The van der Waals surface area contributed by atoms with Crippen LogP contribution in [0.1, 0.15) is 42.4 Å². The lowest BCUT2D eigenvalue weighted by Crippen LogP contribution is -2.42. The fourth-order valence-electron chi connectivity index (χ4n) is 3.66. The molecular weight excluding hydrogens is 317 g/mol. The Balaban J connectivity index is 1.98. The van der Waals surface area contributed by atoms with E-state index < -0.39 is 0 Å². The summed E-state index contributed by atoms with van der Waals surface area (Å²) in [6.07, 6.45) is 2.85. The number of hydrogen-bond acceptors (Lipinski definition) is 2. The van der Waals surface area contributed by atoms with Crippen molar-refractivity contribution in [3.63, 3.8) is 0 Å². The third-order valence-corrected chi connectivity index (χ3v) is 4.99. The van der Waals surface area contributed by atoms with Crippen molar-refractivity contribution >= 4 is 5.91 Å². The Morgan fingerprint density at radius 2 is 2.04 bits per heavy atom. The fourth-order valence-corrected chi connectivity index (χ4v) is 3.66. The molecule has 0 radical (unpaired) electrons. The summed E-state index contributed by atoms with van der Waals surface area (Å²) in [4.78, 5) is 12.0. The van der Waals surface area contributed by atoms with Crippen LogP contribution in [-0.2, 0) is 17.6 Å². The van der Waals surface area contributed by atoms with Gasteiger partial charge in [-0.15, -0.1) is 0 Å². The van der Waals surface area contributed by atoms with Gasteiger partial charge in [-0.2, -0.15) is 0 Å². The molecule has 0 heterocycles. The molecule has 0 saturated carbocycles. The van der Waals surface area contributed by atoms with Crippen molar-refractivity contribution in [1.82, 2.24) is 5.32 Å².